The summed E-state index contributed by atoms with van der Waals surface area (Å²) in [7, 11) is 2.08. The number of hydrogen-bond acceptors (Lipinski definition) is 3. The molecule has 1 aliphatic heterocycles. The van der Waals surface area contributed by atoms with E-state index in [0.29, 0.717) is 6.10 Å². The maximum absolute atomic E-state index is 5.77. The van der Waals surface area contributed by atoms with E-state index in [9.17, 15) is 0 Å². The average Bonchev–Trinajstić information content (AvgIpc) is 2.88. The zero-order valence-corrected chi connectivity index (χ0v) is 9.57. The van der Waals surface area contributed by atoms with Crippen LogP contribution < -0.4 is 0 Å². The second-order valence-corrected chi connectivity index (χ2v) is 6.23. The molecule has 0 bridgehead atoms. The van der Waals surface area contributed by atoms with Crippen molar-refractivity contribution in [3.8, 4) is 0 Å². The van der Waals surface area contributed by atoms with Crippen LogP contribution in [-0.2, 0) is 13.6 Å². The summed E-state index contributed by atoms with van der Waals surface area (Å²) in [6.45, 7) is 0. The Labute approximate surface area is 81.2 Å². The predicted octanol–water partition coefficient (Wildman–Crippen LogP) is 1.21. The minimum atomic E-state index is -1.42. The summed E-state index contributed by atoms with van der Waals surface area (Å²) in [5.74, 6) is 0. The van der Waals surface area contributed by atoms with Crippen LogP contribution in [0.5, 0.6) is 0 Å². The first kappa shape index (κ1) is 9.64. The van der Waals surface area contributed by atoms with E-state index >= 15 is 0 Å². The molecule has 0 N–H and O–H groups in total. The summed E-state index contributed by atoms with van der Waals surface area (Å²) in [5, 5.41) is 0. The molecule has 1 heterocycles. The second-order valence-electron chi connectivity index (χ2n) is 4.02. The average molecular weight is 202 g/mol. The fourth-order valence-corrected chi connectivity index (χ4v) is 4.03. The van der Waals surface area contributed by atoms with Crippen LogP contribution in [0.25, 0.3) is 0 Å². The largest absolute Gasteiger partial charge is 0.400 e. The van der Waals surface area contributed by atoms with Crippen molar-refractivity contribution >= 4 is 9.28 Å². The summed E-state index contributed by atoms with van der Waals surface area (Å²) >= 11 is 0. The molecule has 0 radical (unpaired) electrons. The minimum absolute atomic E-state index is 0.182. The molecule has 2 fully saturated rings. The number of rotatable bonds is 4. The van der Waals surface area contributed by atoms with Gasteiger partial charge in [0.1, 0.15) is 0 Å². The number of fused-ring (bicyclic) bond motifs is 1. The van der Waals surface area contributed by atoms with E-state index in [2.05, 4.69) is 0 Å². The summed E-state index contributed by atoms with van der Waals surface area (Å²) < 4.78 is 16.4. The molecule has 3 nitrogen and oxygen atoms in total. The van der Waals surface area contributed by atoms with Crippen molar-refractivity contribution in [3.63, 3.8) is 0 Å². The van der Waals surface area contributed by atoms with Gasteiger partial charge in [-0.1, -0.05) is 12.8 Å². The smallest absolute Gasteiger partial charge is 0.323 e. The molecule has 0 spiro atoms. The molecule has 13 heavy (non-hydrogen) atoms. The quantitative estimate of drug-likeness (QED) is 0.507. The number of ether oxygens (including phenoxy) is 1. The van der Waals surface area contributed by atoms with Crippen LogP contribution in [0.2, 0.25) is 6.04 Å². The maximum Gasteiger partial charge on any atom is 0.323 e. The van der Waals surface area contributed by atoms with Crippen molar-refractivity contribution in [2.75, 3.05) is 14.2 Å². The Morgan fingerprint density at radius 2 is 2.15 bits per heavy atom. The third-order valence-corrected chi connectivity index (χ3v) is 5.34. The molecule has 2 atom stereocenters. The number of hydrogen-bond donors (Lipinski definition) is 0. The molecule has 1 saturated carbocycles. The lowest BCUT2D eigenvalue weighted by molar-refractivity contribution is 0.244. The van der Waals surface area contributed by atoms with E-state index in [1.165, 1.54) is 25.7 Å². The summed E-state index contributed by atoms with van der Waals surface area (Å²) in [4.78, 5) is 0. The fraction of sp³-hybridized carbons (Fsp3) is 1.00. The van der Waals surface area contributed by atoms with E-state index in [-0.39, 0.29) is 5.60 Å². The van der Waals surface area contributed by atoms with Crippen molar-refractivity contribution < 1.29 is 13.6 Å². The van der Waals surface area contributed by atoms with Gasteiger partial charge >= 0.3 is 9.28 Å². The molecule has 2 rings (SSSR count). The van der Waals surface area contributed by atoms with Crippen LogP contribution in [-0.4, -0.2) is 35.2 Å². The van der Waals surface area contributed by atoms with Crippen molar-refractivity contribution in [2.24, 2.45) is 0 Å². The molecule has 76 valence electrons. The van der Waals surface area contributed by atoms with Gasteiger partial charge in [-0.15, -0.1) is 0 Å². The molecule has 4 heteroatoms. The standard InChI is InChI=1S/C9H18O3Si/c1-10-13(11-2)7-9-6-4-3-5-8(9)12-9/h8,13H,3-7H2,1-2H3. The molecule has 0 aromatic rings. The summed E-state index contributed by atoms with van der Waals surface area (Å²) in [5.41, 5.74) is 0.182. The van der Waals surface area contributed by atoms with Crippen LogP contribution in [0.4, 0.5) is 0 Å². The van der Waals surface area contributed by atoms with Crippen LogP contribution in [0.15, 0.2) is 0 Å². The van der Waals surface area contributed by atoms with Crippen LogP contribution >= 0.6 is 0 Å². The minimum Gasteiger partial charge on any atom is -0.400 e. The lowest BCUT2D eigenvalue weighted by Gasteiger charge is -2.20. The van der Waals surface area contributed by atoms with E-state index in [0.717, 1.165) is 6.04 Å². The highest BCUT2D eigenvalue weighted by molar-refractivity contribution is 6.44. The monoisotopic (exact) mass is 202 g/mol. The fourth-order valence-electron chi connectivity index (χ4n) is 2.37. The van der Waals surface area contributed by atoms with Crippen molar-refractivity contribution in [1.82, 2.24) is 0 Å². The van der Waals surface area contributed by atoms with Gasteiger partial charge < -0.3 is 13.6 Å². The molecule has 1 aliphatic carbocycles. The first-order valence-electron chi connectivity index (χ1n) is 5.04. The molecule has 1 saturated heterocycles. The lowest BCUT2D eigenvalue weighted by Crippen LogP contribution is -2.30. The molecule has 0 aromatic heterocycles. The Bertz CT molecular complexity index is 184. The summed E-state index contributed by atoms with van der Waals surface area (Å²) in [6.07, 6.45) is 5.63. The number of epoxide rings is 1. The first-order chi connectivity index (χ1) is 6.30. The highest BCUT2D eigenvalue weighted by Crippen LogP contribution is 2.51. The van der Waals surface area contributed by atoms with Gasteiger partial charge in [-0.05, 0) is 12.8 Å². The van der Waals surface area contributed by atoms with Crippen molar-refractivity contribution in [1.29, 1.82) is 0 Å². The van der Waals surface area contributed by atoms with E-state index in [4.69, 9.17) is 13.6 Å². The normalized spacial score (nSPS) is 37.6. The third kappa shape index (κ3) is 1.81. The first-order valence-corrected chi connectivity index (χ1v) is 6.80. The molecule has 0 amide bonds. The van der Waals surface area contributed by atoms with E-state index in [1.807, 2.05) is 0 Å². The van der Waals surface area contributed by atoms with Gasteiger partial charge in [-0.3, -0.25) is 0 Å². The van der Waals surface area contributed by atoms with Crippen molar-refractivity contribution in [2.45, 2.75) is 43.4 Å². The zero-order chi connectivity index (χ0) is 9.31. The SMILES string of the molecule is CO[SiH](CC12CCCCC1O2)OC. The Hall–Kier alpha value is 0.0969. The van der Waals surface area contributed by atoms with E-state index in [1.54, 1.807) is 14.2 Å². The molecule has 2 unspecified atom stereocenters. The Kier molecular flexibility index (Phi) is 2.74. The van der Waals surface area contributed by atoms with Crippen LogP contribution in [0.1, 0.15) is 25.7 Å². The van der Waals surface area contributed by atoms with Crippen LogP contribution in [0, 0.1) is 0 Å². The van der Waals surface area contributed by atoms with Gasteiger partial charge in [0.2, 0.25) is 0 Å². The molecule has 2 aliphatic rings. The van der Waals surface area contributed by atoms with Gasteiger partial charge in [-0.25, -0.2) is 0 Å². The molecule has 0 aromatic carbocycles. The maximum atomic E-state index is 5.77. The van der Waals surface area contributed by atoms with Gasteiger partial charge in [0.25, 0.3) is 0 Å². The summed E-state index contributed by atoms with van der Waals surface area (Å²) in [6, 6.07) is 1.03. The Morgan fingerprint density at radius 3 is 2.77 bits per heavy atom. The molecular weight excluding hydrogens is 184 g/mol. The Balaban J connectivity index is 1.87. The lowest BCUT2D eigenvalue weighted by atomic mass is 9.91. The highest BCUT2D eigenvalue weighted by Gasteiger charge is 2.58. The highest BCUT2D eigenvalue weighted by atomic mass is 28.3. The van der Waals surface area contributed by atoms with E-state index < -0.39 is 9.28 Å². The van der Waals surface area contributed by atoms with Crippen LogP contribution in [0.3, 0.4) is 0 Å². The molecular formula is C9H18O3Si. The topological polar surface area (TPSA) is 31.0 Å². The third-order valence-electron chi connectivity index (χ3n) is 3.26. The van der Waals surface area contributed by atoms with Gasteiger partial charge in [0, 0.05) is 20.3 Å². The van der Waals surface area contributed by atoms with Gasteiger partial charge in [0.05, 0.1) is 11.7 Å². The predicted molar refractivity (Wildman–Crippen MR) is 52.0 cm³/mol. The zero-order valence-electron chi connectivity index (χ0n) is 8.41. The second kappa shape index (κ2) is 3.69. The van der Waals surface area contributed by atoms with Gasteiger partial charge in [0.15, 0.2) is 0 Å². The Morgan fingerprint density at radius 1 is 1.38 bits per heavy atom. The van der Waals surface area contributed by atoms with Crippen molar-refractivity contribution in [3.05, 3.63) is 0 Å². The van der Waals surface area contributed by atoms with Gasteiger partial charge in [-0.2, -0.15) is 0 Å².